The highest BCUT2D eigenvalue weighted by atomic mass is 32.2. The van der Waals surface area contributed by atoms with E-state index in [0.717, 1.165) is 65.0 Å². The number of carbonyl (C=O) groups excluding carboxylic acids is 3. The van der Waals surface area contributed by atoms with Gasteiger partial charge in [0, 0.05) is 12.0 Å². The molecule has 0 bridgehead atoms. The standard InChI is InChI=1S/C30H44B6O8S/c31-11-18-4-21(13-33)26(15-35)24(7-18)28(37)9-17-3-20(29(38)43-1-2-45(40,41)42)10-23(6-17)44-30(39)25-8-19(12-32)5-22(14-34)27(25)16-36/h4-5,7-8,17,20,23H,1-3,6,9-16,31-36H2,(H,40,41,42). The molecule has 1 aliphatic rings. The van der Waals surface area contributed by atoms with Gasteiger partial charge in [0.1, 0.15) is 65.5 Å². The highest BCUT2D eigenvalue weighted by Gasteiger charge is 2.37. The molecule has 1 N–H and O–H groups in total. The van der Waals surface area contributed by atoms with Crippen molar-refractivity contribution in [2.45, 2.75) is 69.7 Å². The van der Waals surface area contributed by atoms with Crippen LogP contribution in [0.25, 0.3) is 0 Å². The van der Waals surface area contributed by atoms with E-state index in [4.69, 9.17) is 14.0 Å². The molecule has 0 amide bonds. The molecule has 15 heteroatoms. The summed E-state index contributed by atoms with van der Waals surface area (Å²) in [4.78, 5) is 40.6. The highest BCUT2D eigenvalue weighted by molar-refractivity contribution is 7.85. The minimum Gasteiger partial charge on any atom is -0.464 e. The second-order valence-electron chi connectivity index (χ2n) is 12.1. The number of ketones is 1. The van der Waals surface area contributed by atoms with Gasteiger partial charge in [-0.1, -0.05) is 72.3 Å². The van der Waals surface area contributed by atoms with Gasteiger partial charge in [0.05, 0.1) is 11.5 Å². The molecule has 3 rings (SSSR count). The third kappa shape index (κ3) is 9.92. The lowest BCUT2D eigenvalue weighted by molar-refractivity contribution is -0.151. The number of rotatable bonds is 15. The van der Waals surface area contributed by atoms with Gasteiger partial charge in [-0.25, -0.2) is 4.79 Å². The van der Waals surface area contributed by atoms with Crippen LogP contribution < -0.4 is 0 Å². The van der Waals surface area contributed by atoms with E-state index in [9.17, 15) is 22.8 Å². The number of Topliss-reactive ketones (excluding diaryl/α,β-unsaturated/α-hetero) is 1. The van der Waals surface area contributed by atoms with Gasteiger partial charge >= 0.3 is 11.9 Å². The van der Waals surface area contributed by atoms with E-state index in [1.165, 1.54) is 5.56 Å². The van der Waals surface area contributed by atoms with Crippen molar-refractivity contribution < 1.29 is 36.8 Å². The molecular weight excluding hydrogens is 585 g/mol. The molecule has 3 unspecified atom stereocenters. The summed E-state index contributed by atoms with van der Waals surface area (Å²) in [7, 11) is 8.03. The van der Waals surface area contributed by atoms with Crippen molar-refractivity contribution >= 4 is 74.9 Å². The molecule has 236 valence electrons. The molecule has 2 aromatic carbocycles. The van der Waals surface area contributed by atoms with E-state index < -0.39 is 46.4 Å². The lowest BCUT2D eigenvalue weighted by atomic mass is 9.75. The maximum absolute atomic E-state index is 13.8. The van der Waals surface area contributed by atoms with Crippen LogP contribution in [0.15, 0.2) is 24.3 Å². The number of hydrogen-bond donors (Lipinski definition) is 1. The van der Waals surface area contributed by atoms with E-state index in [2.05, 4.69) is 35.7 Å². The molecule has 0 heterocycles. The third-order valence-electron chi connectivity index (χ3n) is 9.04. The maximum Gasteiger partial charge on any atom is 0.338 e. The zero-order chi connectivity index (χ0) is 33.3. The second-order valence-corrected chi connectivity index (χ2v) is 13.6. The normalized spacial score (nSPS) is 18.3. The van der Waals surface area contributed by atoms with E-state index >= 15 is 0 Å². The smallest absolute Gasteiger partial charge is 0.338 e. The maximum atomic E-state index is 13.8. The summed E-state index contributed by atoms with van der Waals surface area (Å²) in [6, 6.07) is 8.19. The van der Waals surface area contributed by atoms with Crippen molar-refractivity contribution in [1.29, 1.82) is 0 Å². The monoisotopic (exact) mass is 630 g/mol. The Hall–Kier alpha value is -2.65. The molecule has 0 radical (unpaired) electrons. The highest BCUT2D eigenvalue weighted by Crippen LogP contribution is 2.36. The molecule has 2 aromatic rings. The molecule has 0 aromatic heterocycles. The van der Waals surface area contributed by atoms with E-state index in [-0.39, 0.29) is 24.5 Å². The number of benzene rings is 2. The van der Waals surface area contributed by atoms with Crippen LogP contribution in [0, 0.1) is 11.8 Å². The molecule has 1 fully saturated rings. The van der Waals surface area contributed by atoms with Crippen molar-refractivity contribution in [3.63, 3.8) is 0 Å². The topological polar surface area (TPSA) is 124 Å². The molecule has 45 heavy (non-hydrogen) atoms. The SMILES string of the molecule is BCc1cc(CB)c(CB)c(C(=O)CC2CC(OC(=O)c3cc(CB)cc(CB)c3CB)CC(C(=O)OCCS(=O)(=O)O)C2)c1. The first-order valence-electron chi connectivity index (χ1n) is 16.5. The number of carbonyl (C=O) groups is 3. The van der Waals surface area contributed by atoms with Crippen LogP contribution in [-0.4, -0.2) is 96.2 Å². The van der Waals surface area contributed by atoms with Gasteiger partial charge in [0.2, 0.25) is 0 Å². The average molecular weight is 630 g/mol. The molecule has 1 aliphatic carbocycles. The van der Waals surface area contributed by atoms with Crippen molar-refractivity contribution in [3.05, 3.63) is 68.8 Å². The molecule has 1 saturated carbocycles. The van der Waals surface area contributed by atoms with Gasteiger partial charge in [0.15, 0.2) is 5.78 Å². The van der Waals surface area contributed by atoms with Crippen LogP contribution in [0.5, 0.6) is 0 Å². The van der Waals surface area contributed by atoms with Crippen LogP contribution in [0.2, 0.25) is 0 Å². The number of esters is 2. The van der Waals surface area contributed by atoms with Crippen LogP contribution in [-0.2, 0) is 62.3 Å². The Bertz CT molecular complexity index is 1410. The molecule has 3 atom stereocenters. The molecule has 8 nitrogen and oxygen atoms in total. The van der Waals surface area contributed by atoms with E-state index in [1.807, 2.05) is 35.7 Å². The molecular formula is C30H44B6O8S. The summed E-state index contributed by atoms with van der Waals surface area (Å²) in [5, 5.41) is 0. The Labute approximate surface area is 273 Å². The minimum atomic E-state index is -4.29. The lowest BCUT2D eigenvalue weighted by Crippen LogP contribution is -2.36. The lowest BCUT2D eigenvalue weighted by Gasteiger charge is -2.33. The zero-order valence-electron chi connectivity index (χ0n) is 27.7. The van der Waals surface area contributed by atoms with Gasteiger partial charge < -0.3 is 9.47 Å². The van der Waals surface area contributed by atoms with Gasteiger partial charge in [-0.3, -0.25) is 14.1 Å². The van der Waals surface area contributed by atoms with Crippen LogP contribution >= 0.6 is 0 Å². The van der Waals surface area contributed by atoms with Gasteiger partial charge in [0.25, 0.3) is 10.1 Å². The fraction of sp³-hybridized carbons (Fsp3) is 0.500. The first-order valence-corrected chi connectivity index (χ1v) is 18.1. The average Bonchev–Trinajstić information content (AvgIpc) is 3.02. The van der Waals surface area contributed by atoms with E-state index in [1.54, 1.807) is 0 Å². The summed E-state index contributed by atoms with van der Waals surface area (Å²) < 4.78 is 42.7. The summed E-state index contributed by atoms with van der Waals surface area (Å²) in [6.45, 7) is -0.477. The number of hydrogen-bond acceptors (Lipinski definition) is 7. The Morgan fingerprint density at radius 2 is 1.31 bits per heavy atom. The van der Waals surface area contributed by atoms with Gasteiger partial charge in [-0.15, -0.1) is 0 Å². The van der Waals surface area contributed by atoms with Crippen molar-refractivity contribution in [3.8, 4) is 0 Å². The van der Waals surface area contributed by atoms with Gasteiger partial charge in [-0.05, 0) is 48.4 Å². The van der Waals surface area contributed by atoms with Crippen molar-refractivity contribution in [2.75, 3.05) is 12.4 Å². The van der Waals surface area contributed by atoms with Crippen LogP contribution in [0.1, 0.15) is 79.8 Å². The fourth-order valence-electron chi connectivity index (χ4n) is 6.69. The minimum absolute atomic E-state index is 0.00354. The molecule has 0 spiro atoms. The zero-order valence-corrected chi connectivity index (χ0v) is 28.6. The van der Waals surface area contributed by atoms with Crippen LogP contribution in [0.4, 0.5) is 0 Å². The molecule has 0 aliphatic heterocycles. The largest absolute Gasteiger partial charge is 0.464 e. The summed E-state index contributed by atoms with van der Waals surface area (Å²) in [5.41, 5.74) is 7.71. The Morgan fingerprint density at radius 3 is 1.82 bits per heavy atom. The van der Waals surface area contributed by atoms with Gasteiger partial charge in [-0.2, -0.15) is 8.42 Å². The summed E-state index contributed by atoms with van der Waals surface area (Å²) in [5.74, 6) is -2.70. The fourth-order valence-corrected chi connectivity index (χ4v) is 6.98. The Kier molecular flexibility index (Phi) is 13.7. The summed E-state index contributed by atoms with van der Waals surface area (Å²) in [6.07, 6.45) is 5.19. The second kappa shape index (κ2) is 16.8. The first kappa shape index (κ1) is 36.8. The summed E-state index contributed by atoms with van der Waals surface area (Å²) >= 11 is 0. The quantitative estimate of drug-likeness (QED) is 0.105. The van der Waals surface area contributed by atoms with Crippen molar-refractivity contribution in [2.24, 2.45) is 11.8 Å². The predicted octanol–water partition coefficient (Wildman–Crippen LogP) is -1.87. The molecule has 0 saturated heterocycles. The Morgan fingerprint density at radius 1 is 0.756 bits per heavy atom. The third-order valence-corrected chi connectivity index (χ3v) is 9.72. The first-order chi connectivity index (χ1) is 21.4. The Balaban J connectivity index is 1.90. The van der Waals surface area contributed by atoms with Crippen molar-refractivity contribution in [1.82, 2.24) is 0 Å². The van der Waals surface area contributed by atoms with E-state index in [0.29, 0.717) is 24.7 Å². The predicted molar refractivity (Wildman–Crippen MR) is 193 cm³/mol. The van der Waals surface area contributed by atoms with Crippen LogP contribution in [0.3, 0.4) is 0 Å². The number of ether oxygens (including phenoxy) is 2.